The lowest BCUT2D eigenvalue weighted by molar-refractivity contribution is 0.546. The van der Waals surface area contributed by atoms with Gasteiger partial charge in [0.25, 0.3) is 0 Å². The number of fused-ring (bicyclic) bond motifs is 1. The Kier molecular flexibility index (Phi) is 3.54. The van der Waals surface area contributed by atoms with E-state index in [0.29, 0.717) is 5.52 Å². The molecule has 2 aromatic rings. The van der Waals surface area contributed by atoms with Gasteiger partial charge in [0, 0.05) is 0 Å². The fourth-order valence-corrected chi connectivity index (χ4v) is 0.828. The molecule has 2 rings (SSSR count). The van der Waals surface area contributed by atoms with E-state index < -0.39 is 6.08 Å². The van der Waals surface area contributed by atoms with Crippen LogP contribution in [-0.4, -0.2) is 19.9 Å². The number of anilines is 1. The minimum atomic E-state index is -0.859. The van der Waals surface area contributed by atoms with Crippen LogP contribution < -0.4 is 5.73 Å². The number of imidazole rings is 1. The molecule has 82 valence electrons. The quantitative estimate of drug-likeness (QED) is 0.650. The van der Waals surface area contributed by atoms with Crippen molar-refractivity contribution in [1.29, 1.82) is 0 Å². The number of H-pyrrole nitrogens is 1. The van der Waals surface area contributed by atoms with Gasteiger partial charge in [0.1, 0.15) is 5.52 Å². The lowest BCUT2D eigenvalue weighted by atomic mass is 10.3. The number of nitrogens with two attached hydrogens (primary N) is 1. The van der Waals surface area contributed by atoms with Gasteiger partial charge >= 0.3 is 6.08 Å². The van der Waals surface area contributed by atoms with Crippen LogP contribution in [0, 0.1) is 12.0 Å². The minimum Gasteiger partial charge on any atom is -0.382 e. The van der Waals surface area contributed by atoms with E-state index in [-0.39, 0.29) is 11.5 Å². The Hall–Kier alpha value is -1.72. The zero-order valence-electron chi connectivity index (χ0n) is 8.95. The Morgan fingerprint density at radius 2 is 1.93 bits per heavy atom. The van der Waals surface area contributed by atoms with E-state index in [1.165, 1.54) is 6.33 Å². The number of aromatic amines is 1. The van der Waals surface area contributed by atoms with E-state index in [2.05, 4.69) is 40.7 Å². The molecule has 0 atom stereocenters. The number of nitrogens with one attached hydrogen (secondary N) is 1. The first-order valence-electron chi connectivity index (χ1n) is 4.62. The smallest absolute Gasteiger partial charge is 0.312 e. The van der Waals surface area contributed by atoms with Crippen LogP contribution in [-0.2, 0) is 0 Å². The maximum atomic E-state index is 12.4. The number of nitrogens with zero attached hydrogens (tertiary/aromatic N) is 3. The topological polar surface area (TPSA) is 80.5 Å². The van der Waals surface area contributed by atoms with Gasteiger partial charge in [-0.3, -0.25) is 0 Å². The van der Waals surface area contributed by atoms with Crippen LogP contribution in [0.3, 0.4) is 0 Å². The van der Waals surface area contributed by atoms with Crippen LogP contribution in [0.4, 0.5) is 10.2 Å². The van der Waals surface area contributed by atoms with Gasteiger partial charge in [-0.25, -0.2) is 4.98 Å². The third kappa shape index (κ3) is 3.16. The highest BCUT2D eigenvalue weighted by molar-refractivity contribution is 5.80. The normalized spacial score (nSPS) is 10.2. The molecular formula is C9H14FN5. The van der Waals surface area contributed by atoms with E-state index in [0.717, 1.165) is 5.92 Å². The van der Waals surface area contributed by atoms with Crippen molar-refractivity contribution in [1.82, 2.24) is 19.9 Å². The average Bonchev–Trinajstić information content (AvgIpc) is 2.50. The molecule has 0 bridgehead atoms. The summed E-state index contributed by atoms with van der Waals surface area (Å²) in [5, 5.41) is 0. The van der Waals surface area contributed by atoms with E-state index in [9.17, 15) is 4.39 Å². The van der Waals surface area contributed by atoms with Crippen LogP contribution >= 0.6 is 0 Å². The Morgan fingerprint density at radius 1 is 1.33 bits per heavy atom. The van der Waals surface area contributed by atoms with Crippen molar-refractivity contribution >= 4 is 17.0 Å². The molecule has 0 radical (unpaired) electrons. The first-order valence-corrected chi connectivity index (χ1v) is 4.62. The molecule has 0 aliphatic rings. The van der Waals surface area contributed by atoms with Crippen LogP contribution in [0.15, 0.2) is 6.33 Å². The zero-order chi connectivity index (χ0) is 11.4. The summed E-state index contributed by atoms with van der Waals surface area (Å²) in [5.41, 5.74) is 6.05. The van der Waals surface area contributed by atoms with Crippen molar-refractivity contribution in [3.05, 3.63) is 12.4 Å². The lowest BCUT2D eigenvalue weighted by Crippen LogP contribution is -1.97. The van der Waals surface area contributed by atoms with Gasteiger partial charge in [-0.05, 0) is 5.92 Å². The van der Waals surface area contributed by atoms with Gasteiger partial charge in [0.2, 0.25) is 0 Å². The van der Waals surface area contributed by atoms with Crippen LogP contribution in [0.25, 0.3) is 11.2 Å². The van der Waals surface area contributed by atoms with Crippen LogP contribution in [0.1, 0.15) is 20.8 Å². The maximum Gasteiger partial charge on any atom is 0.312 e. The SMILES string of the molecule is CC(C)C.Nc1nc(F)nc2nc[nH]c12. The molecule has 0 saturated heterocycles. The molecule has 2 heterocycles. The van der Waals surface area contributed by atoms with E-state index in [1.54, 1.807) is 0 Å². The number of hydrogen-bond donors (Lipinski definition) is 2. The summed E-state index contributed by atoms with van der Waals surface area (Å²) in [6.07, 6.45) is 0.525. The molecule has 6 heteroatoms. The molecule has 0 aromatic carbocycles. The lowest BCUT2D eigenvalue weighted by Gasteiger charge is -1.91. The molecule has 0 amide bonds. The fraction of sp³-hybridized carbons (Fsp3) is 0.444. The Bertz CT molecular complexity index is 434. The summed E-state index contributed by atoms with van der Waals surface area (Å²) >= 11 is 0. The second-order valence-corrected chi connectivity index (χ2v) is 3.71. The highest BCUT2D eigenvalue weighted by Crippen LogP contribution is 2.11. The molecule has 0 aliphatic carbocycles. The summed E-state index contributed by atoms with van der Waals surface area (Å²) in [4.78, 5) is 13.1. The summed E-state index contributed by atoms with van der Waals surface area (Å²) in [7, 11) is 0. The molecule has 0 aliphatic heterocycles. The Labute approximate surface area is 87.0 Å². The molecule has 0 spiro atoms. The van der Waals surface area contributed by atoms with E-state index >= 15 is 0 Å². The highest BCUT2D eigenvalue weighted by Gasteiger charge is 2.04. The van der Waals surface area contributed by atoms with Crippen molar-refractivity contribution in [3.63, 3.8) is 0 Å². The van der Waals surface area contributed by atoms with Crippen molar-refractivity contribution in [2.24, 2.45) is 5.92 Å². The molecule has 0 saturated carbocycles. The first-order chi connectivity index (χ1) is 7.00. The van der Waals surface area contributed by atoms with Gasteiger partial charge in [-0.1, -0.05) is 20.8 Å². The Morgan fingerprint density at radius 3 is 2.53 bits per heavy atom. The third-order valence-electron chi connectivity index (χ3n) is 1.29. The van der Waals surface area contributed by atoms with Crippen LogP contribution in [0.5, 0.6) is 0 Å². The van der Waals surface area contributed by atoms with Crippen molar-refractivity contribution < 1.29 is 4.39 Å². The van der Waals surface area contributed by atoms with Gasteiger partial charge < -0.3 is 10.7 Å². The molecule has 5 nitrogen and oxygen atoms in total. The van der Waals surface area contributed by atoms with Crippen molar-refractivity contribution in [2.45, 2.75) is 20.8 Å². The fourth-order valence-electron chi connectivity index (χ4n) is 0.828. The Balaban J connectivity index is 0.000000245. The standard InChI is InChI=1S/C5H4FN5.C4H10/c6-5-10-3(7)2-4(11-5)9-1-8-2;1-4(2)3/h1H,(H3,7,8,9,10,11);4H,1-3H3. The third-order valence-corrected chi connectivity index (χ3v) is 1.29. The monoisotopic (exact) mass is 211 g/mol. The number of nitrogen functional groups attached to an aromatic ring is 1. The maximum absolute atomic E-state index is 12.4. The minimum absolute atomic E-state index is 0.0741. The van der Waals surface area contributed by atoms with Gasteiger partial charge in [-0.2, -0.15) is 14.4 Å². The molecule has 15 heavy (non-hydrogen) atoms. The van der Waals surface area contributed by atoms with E-state index in [1.807, 2.05) is 0 Å². The number of rotatable bonds is 0. The largest absolute Gasteiger partial charge is 0.382 e. The number of halogens is 1. The van der Waals surface area contributed by atoms with Crippen molar-refractivity contribution in [2.75, 3.05) is 5.73 Å². The predicted molar refractivity (Wildman–Crippen MR) is 56.6 cm³/mol. The van der Waals surface area contributed by atoms with Crippen molar-refractivity contribution in [3.8, 4) is 0 Å². The second-order valence-electron chi connectivity index (χ2n) is 3.71. The highest BCUT2D eigenvalue weighted by atomic mass is 19.1. The molecule has 3 N–H and O–H groups in total. The van der Waals surface area contributed by atoms with Gasteiger partial charge in [-0.15, -0.1) is 0 Å². The number of aromatic nitrogens is 4. The first kappa shape index (κ1) is 11.4. The molecular weight excluding hydrogens is 197 g/mol. The zero-order valence-corrected chi connectivity index (χ0v) is 8.95. The molecule has 0 fully saturated rings. The average molecular weight is 211 g/mol. The summed E-state index contributed by atoms with van der Waals surface area (Å²) in [6, 6.07) is 0. The molecule has 2 aromatic heterocycles. The molecule has 0 unspecified atom stereocenters. The number of hydrogen-bond acceptors (Lipinski definition) is 4. The predicted octanol–water partition coefficient (Wildman–Crippen LogP) is 1.74. The summed E-state index contributed by atoms with van der Waals surface area (Å²) in [5.74, 6) is 0.907. The summed E-state index contributed by atoms with van der Waals surface area (Å²) in [6.45, 7) is 6.50. The van der Waals surface area contributed by atoms with Gasteiger partial charge in [0.05, 0.1) is 6.33 Å². The van der Waals surface area contributed by atoms with Crippen LogP contribution in [0.2, 0.25) is 0 Å². The summed E-state index contributed by atoms with van der Waals surface area (Å²) < 4.78 is 12.4. The van der Waals surface area contributed by atoms with E-state index in [4.69, 9.17) is 5.73 Å². The van der Waals surface area contributed by atoms with Gasteiger partial charge in [0.15, 0.2) is 11.5 Å². The second kappa shape index (κ2) is 4.68.